The third-order valence-electron chi connectivity index (χ3n) is 7.30. The van der Waals surface area contributed by atoms with Crippen molar-refractivity contribution in [2.45, 2.75) is 84.3 Å². The average molecular weight is 765 g/mol. The number of hydrogen-bond donors (Lipinski definition) is 9. The number of carbonyl (C=O) groups is 6. The van der Waals surface area contributed by atoms with E-state index in [2.05, 4.69) is 16.0 Å². The van der Waals surface area contributed by atoms with Crippen molar-refractivity contribution < 1.29 is 59.8 Å². The molecule has 0 heterocycles. The van der Waals surface area contributed by atoms with Crippen molar-refractivity contribution in [3.63, 3.8) is 0 Å². The normalized spacial score (nSPS) is 14.0. The standard InChI is InChI=1S/C30H48N6O13S2/c1-29(2,17-30(3,4)14-24(38)39)13-23(37)34-21(15-50(44,45)46)27(42)36-22(16-51(47,48)49)28(43)35-20(25(32)40)7-5-6-12-33-26(41)18-8-10-19(31)11-9-18/h8-11,20-22H,5-7,12-17,31H2,1-4H3,(H2,32,40)(H,33,41)(H,34,37)(H,35,43)(H,36,42)(H,38,39)(H,44,45,46)(H,47,48,49). The molecule has 3 unspecified atom stereocenters. The number of unbranched alkanes of at least 4 members (excludes halogenated alkanes) is 1. The molecular weight excluding hydrogens is 716 g/mol. The molecule has 0 saturated heterocycles. The molecule has 0 aliphatic rings. The van der Waals surface area contributed by atoms with Crippen LogP contribution in [-0.4, -0.2) is 103 Å². The van der Waals surface area contributed by atoms with Crippen LogP contribution >= 0.6 is 0 Å². The molecule has 21 heteroatoms. The monoisotopic (exact) mass is 764 g/mol. The van der Waals surface area contributed by atoms with Gasteiger partial charge in [0, 0.05) is 24.2 Å². The molecule has 288 valence electrons. The summed E-state index contributed by atoms with van der Waals surface area (Å²) in [6, 6.07) is 0.539. The second-order valence-electron chi connectivity index (χ2n) is 13.8. The molecule has 5 amide bonds. The Morgan fingerprint density at radius 3 is 1.69 bits per heavy atom. The van der Waals surface area contributed by atoms with Gasteiger partial charge in [0.05, 0.1) is 6.42 Å². The van der Waals surface area contributed by atoms with E-state index >= 15 is 0 Å². The molecule has 19 nitrogen and oxygen atoms in total. The minimum atomic E-state index is -5.00. The lowest BCUT2D eigenvalue weighted by Crippen LogP contribution is -2.59. The smallest absolute Gasteiger partial charge is 0.303 e. The van der Waals surface area contributed by atoms with Crippen LogP contribution < -0.4 is 32.7 Å². The van der Waals surface area contributed by atoms with Crippen LogP contribution in [0.15, 0.2) is 24.3 Å². The number of hydrogen-bond acceptors (Lipinski definition) is 11. The number of carbonyl (C=O) groups excluding carboxylic acids is 5. The lowest BCUT2D eigenvalue weighted by atomic mass is 9.72. The minimum Gasteiger partial charge on any atom is -0.481 e. The first-order valence-electron chi connectivity index (χ1n) is 15.6. The molecule has 1 rings (SSSR count). The molecule has 0 aliphatic heterocycles. The van der Waals surface area contributed by atoms with Crippen LogP contribution in [-0.2, 0) is 44.2 Å². The number of primary amides is 1. The van der Waals surface area contributed by atoms with Crippen molar-refractivity contribution >= 4 is 61.4 Å². The number of nitrogen functional groups attached to an aromatic ring is 1. The van der Waals surface area contributed by atoms with Gasteiger partial charge in [0.2, 0.25) is 23.6 Å². The van der Waals surface area contributed by atoms with Crippen LogP contribution in [0.3, 0.4) is 0 Å². The molecule has 3 atom stereocenters. The highest BCUT2D eigenvalue weighted by molar-refractivity contribution is 7.86. The third kappa shape index (κ3) is 19.0. The summed E-state index contributed by atoms with van der Waals surface area (Å²) in [7, 11) is -9.96. The van der Waals surface area contributed by atoms with Crippen molar-refractivity contribution in [1.82, 2.24) is 21.3 Å². The summed E-state index contributed by atoms with van der Waals surface area (Å²) in [4.78, 5) is 74.7. The Morgan fingerprint density at radius 1 is 0.745 bits per heavy atom. The Hall–Kier alpha value is -4.34. The van der Waals surface area contributed by atoms with Crippen LogP contribution in [0.2, 0.25) is 0 Å². The summed E-state index contributed by atoms with van der Waals surface area (Å²) >= 11 is 0. The van der Waals surface area contributed by atoms with E-state index in [1.807, 2.05) is 5.32 Å². The summed E-state index contributed by atoms with van der Waals surface area (Å²) < 4.78 is 65.8. The molecule has 0 fully saturated rings. The summed E-state index contributed by atoms with van der Waals surface area (Å²) in [5, 5.41) is 18.0. The van der Waals surface area contributed by atoms with Crippen molar-refractivity contribution in [1.29, 1.82) is 0 Å². The Balaban J connectivity index is 3.01. The maximum absolute atomic E-state index is 13.2. The SMILES string of the molecule is CC(C)(CC(=O)O)CC(C)(C)CC(=O)NC(CS(=O)(=O)O)C(=O)NC(CS(=O)(=O)O)C(=O)NC(CCCCNC(=O)c1ccc(N)cc1)C(N)=O. The summed E-state index contributed by atoms with van der Waals surface area (Å²) in [5.74, 6) is -8.99. The maximum Gasteiger partial charge on any atom is 0.303 e. The summed E-state index contributed by atoms with van der Waals surface area (Å²) in [6.45, 7) is 6.77. The topological polar surface area (TPSA) is 332 Å². The van der Waals surface area contributed by atoms with Crippen LogP contribution in [0.1, 0.15) is 76.6 Å². The van der Waals surface area contributed by atoms with Gasteiger partial charge < -0.3 is 37.8 Å². The van der Waals surface area contributed by atoms with Gasteiger partial charge in [-0.05, 0) is 60.8 Å². The number of benzene rings is 1. The van der Waals surface area contributed by atoms with Gasteiger partial charge in [-0.1, -0.05) is 27.7 Å². The van der Waals surface area contributed by atoms with Gasteiger partial charge in [-0.25, -0.2) is 0 Å². The molecule has 0 aliphatic carbocycles. The number of carboxylic acids is 1. The number of amides is 5. The zero-order chi connectivity index (χ0) is 39.4. The van der Waals surface area contributed by atoms with E-state index in [-0.39, 0.29) is 44.6 Å². The van der Waals surface area contributed by atoms with E-state index in [1.54, 1.807) is 39.8 Å². The Labute approximate surface area is 296 Å². The van der Waals surface area contributed by atoms with E-state index in [0.717, 1.165) is 0 Å². The molecule has 1 aromatic carbocycles. The van der Waals surface area contributed by atoms with Crippen molar-refractivity contribution in [3.05, 3.63) is 29.8 Å². The zero-order valence-electron chi connectivity index (χ0n) is 28.8. The van der Waals surface area contributed by atoms with Crippen LogP contribution in [0.4, 0.5) is 5.69 Å². The highest BCUT2D eigenvalue weighted by Crippen LogP contribution is 2.38. The van der Waals surface area contributed by atoms with E-state index in [1.165, 1.54) is 12.1 Å². The number of nitrogens with one attached hydrogen (secondary N) is 4. The molecule has 0 saturated carbocycles. The first-order valence-corrected chi connectivity index (χ1v) is 18.9. The number of nitrogens with two attached hydrogens (primary N) is 2. The highest BCUT2D eigenvalue weighted by Gasteiger charge is 2.36. The average Bonchev–Trinajstić information content (AvgIpc) is 2.92. The number of anilines is 1. The lowest BCUT2D eigenvalue weighted by Gasteiger charge is -2.34. The predicted molar refractivity (Wildman–Crippen MR) is 184 cm³/mol. The second-order valence-corrected chi connectivity index (χ2v) is 16.8. The molecule has 1 aromatic rings. The highest BCUT2D eigenvalue weighted by atomic mass is 32.2. The van der Waals surface area contributed by atoms with Crippen molar-refractivity contribution in [3.8, 4) is 0 Å². The van der Waals surface area contributed by atoms with Gasteiger partial charge in [-0.2, -0.15) is 16.8 Å². The Bertz CT molecular complexity index is 1650. The predicted octanol–water partition coefficient (Wildman–Crippen LogP) is -0.808. The molecule has 0 radical (unpaired) electrons. The maximum atomic E-state index is 13.2. The van der Waals surface area contributed by atoms with Crippen molar-refractivity contribution in [2.75, 3.05) is 23.8 Å². The largest absolute Gasteiger partial charge is 0.481 e. The zero-order valence-corrected chi connectivity index (χ0v) is 30.4. The lowest BCUT2D eigenvalue weighted by molar-refractivity contribution is -0.139. The van der Waals surface area contributed by atoms with E-state index in [4.69, 9.17) is 16.6 Å². The van der Waals surface area contributed by atoms with Crippen molar-refractivity contribution in [2.24, 2.45) is 16.6 Å². The van der Waals surface area contributed by atoms with Crippen LogP contribution in [0, 0.1) is 10.8 Å². The molecule has 0 bridgehead atoms. The molecule has 0 spiro atoms. The molecule has 51 heavy (non-hydrogen) atoms. The summed E-state index contributed by atoms with van der Waals surface area (Å²) in [6.07, 6.45) is 0.0966. The van der Waals surface area contributed by atoms with Crippen LogP contribution in [0.25, 0.3) is 0 Å². The van der Waals surface area contributed by atoms with Gasteiger partial charge >= 0.3 is 5.97 Å². The second kappa shape index (κ2) is 18.8. The van der Waals surface area contributed by atoms with E-state index in [0.29, 0.717) is 17.7 Å². The summed E-state index contributed by atoms with van der Waals surface area (Å²) in [5.41, 5.74) is 10.2. The number of carboxylic acid groups (broad SMARTS) is 1. The molecule has 11 N–H and O–H groups in total. The van der Waals surface area contributed by atoms with Gasteiger partial charge in [-0.15, -0.1) is 0 Å². The van der Waals surface area contributed by atoms with Gasteiger partial charge in [0.15, 0.2) is 0 Å². The number of aliphatic carboxylic acids is 1. The van der Waals surface area contributed by atoms with E-state index < -0.39 is 90.3 Å². The first-order chi connectivity index (χ1) is 23.2. The molecule has 0 aromatic heterocycles. The third-order valence-corrected chi connectivity index (χ3v) is 8.81. The van der Waals surface area contributed by atoms with E-state index in [9.17, 15) is 54.7 Å². The van der Waals surface area contributed by atoms with Gasteiger partial charge in [0.25, 0.3) is 26.1 Å². The minimum absolute atomic E-state index is 0.0914. The molecular formula is C30H48N6O13S2. The van der Waals surface area contributed by atoms with Gasteiger partial charge in [-0.3, -0.25) is 37.9 Å². The fourth-order valence-electron chi connectivity index (χ4n) is 5.54. The van der Waals surface area contributed by atoms with Crippen LogP contribution in [0.5, 0.6) is 0 Å². The first kappa shape index (κ1) is 44.7. The quantitative estimate of drug-likeness (QED) is 0.0396. The fraction of sp³-hybridized carbons (Fsp3) is 0.600. The van der Waals surface area contributed by atoms with Gasteiger partial charge in [0.1, 0.15) is 29.6 Å². The Kier molecular flexibility index (Phi) is 16.4. The Morgan fingerprint density at radius 2 is 1.22 bits per heavy atom. The number of rotatable bonds is 22. The fourth-order valence-corrected chi connectivity index (χ4v) is 6.85.